The van der Waals surface area contributed by atoms with Crippen molar-refractivity contribution in [3.63, 3.8) is 0 Å². The molecule has 13 heavy (non-hydrogen) atoms. The molecule has 0 spiro atoms. The van der Waals surface area contributed by atoms with E-state index in [-0.39, 0.29) is 6.35 Å². The fourth-order valence-corrected chi connectivity index (χ4v) is 1.33. The Hall–Kier alpha value is -0.290. The number of hydrogen-bond donors (Lipinski definition) is 0. The third kappa shape index (κ3) is 5.87. The molecule has 0 fully saturated rings. The van der Waals surface area contributed by atoms with Crippen molar-refractivity contribution in [1.29, 1.82) is 0 Å². The van der Waals surface area contributed by atoms with E-state index in [1.807, 2.05) is 13.8 Å². The minimum Gasteiger partial charge on any atom is -0.353 e. The van der Waals surface area contributed by atoms with Gasteiger partial charge in [-0.3, -0.25) is 4.57 Å². The highest BCUT2D eigenvalue weighted by atomic mass is 31.2. The molecule has 1 atom stereocenters. The third-order valence-electron chi connectivity index (χ3n) is 1.47. The lowest BCUT2D eigenvalue weighted by molar-refractivity contribution is 0.0530. The van der Waals surface area contributed by atoms with Crippen molar-refractivity contribution in [3.8, 4) is 11.8 Å². The molecular formula is C9H17O3P. The first-order valence-corrected chi connectivity index (χ1v) is 6.29. The largest absolute Gasteiger partial charge is 0.353 e. The van der Waals surface area contributed by atoms with Crippen LogP contribution >= 0.6 is 7.37 Å². The molecule has 0 amide bonds. The zero-order chi connectivity index (χ0) is 10.5. The molecule has 4 heteroatoms. The first-order chi connectivity index (χ1) is 5.83. The Kier molecular flexibility index (Phi) is 4.70. The van der Waals surface area contributed by atoms with Crippen molar-refractivity contribution < 1.29 is 13.8 Å². The van der Waals surface area contributed by atoms with Gasteiger partial charge >= 0.3 is 0 Å². The standard InChI is InChI=1S/C9H17O3P/c1-6-7-9(2,3)12-8-13(5,10)11-4/h8H2,1-5H3. The van der Waals surface area contributed by atoms with Crippen LogP contribution in [0.2, 0.25) is 0 Å². The van der Waals surface area contributed by atoms with Gasteiger partial charge in [-0.1, -0.05) is 5.92 Å². The van der Waals surface area contributed by atoms with Gasteiger partial charge in [-0.15, -0.1) is 5.92 Å². The van der Waals surface area contributed by atoms with Gasteiger partial charge < -0.3 is 9.26 Å². The monoisotopic (exact) mass is 204 g/mol. The maximum absolute atomic E-state index is 11.4. The van der Waals surface area contributed by atoms with Crippen LogP contribution in [0.1, 0.15) is 20.8 Å². The molecule has 0 aliphatic rings. The minimum atomic E-state index is -2.58. The summed E-state index contributed by atoms with van der Waals surface area (Å²) in [5.41, 5.74) is -0.557. The Labute approximate surface area is 80.3 Å². The summed E-state index contributed by atoms with van der Waals surface area (Å²) in [6, 6.07) is 0. The van der Waals surface area contributed by atoms with Gasteiger partial charge in [-0.2, -0.15) is 0 Å². The zero-order valence-corrected chi connectivity index (χ0v) is 9.77. The van der Waals surface area contributed by atoms with Gasteiger partial charge in [0.1, 0.15) is 11.9 Å². The molecule has 0 aromatic heterocycles. The average Bonchev–Trinajstić information content (AvgIpc) is 2.02. The minimum absolute atomic E-state index is 0.102. The summed E-state index contributed by atoms with van der Waals surface area (Å²) >= 11 is 0. The number of ether oxygens (including phenoxy) is 1. The van der Waals surface area contributed by atoms with Gasteiger partial charge in [-0.05, 0) is 20.8 Å². The lowest BCUT2D eigenvalue weighted by Crippen LogP contribution is -2.22. The summed E-state index contributed by atoms with van der Waals surface area (Å²) in [5, 5.41) is 0. The quantitative estimate of drug-likeness (QED) is 0.520. The predicted molar refractivity (Wildman–Crippen MR) is 54.0 cm³/mol. The van der Waals surface area contributed by atoms with Crippen LogP contribution in [0.15, 0.2) is 0 Å². The summed E-state index contributed by atoms with van der Waals surface area (Å²) in [6.07, 6.45) is 0.102. The van der Waals surface area contributed by atoms with E-state index in [0.29, 0.717) is 0 Å². The normalized spacial score (nSPS) is 15.8. The SMILES string of the molecule is CC#CC(C)(C)OCP(C)(=O)OC. The molecule has 3 nitrogen and oxygen atoms in total. The summed E-state index contributed by atoms with van der Waals surface area (Å²) in [4.78, 5) is 0. The Morgan fingerprint density at radius 2 is 2.00 bits per heavy atom. The van der Waals surface area contributed by atoms with E-state index in [4.69, 9.17) is 9.26 Å². The van der Waals surface area contributed by atoms with E-state index in [0.717, 1.165) is 0 Å². The predicted octanol–water partition coefficient (Wildman–Crippen LogP) is 2.32. The van der Waals surface area contributed by atoms with Crippen molar-refractivity contribution in [2.45, 2.75) is 26.4 Å². The van der Waals surface area contributed by atoms with E-state index in [2.05, 4.69) is 11.8 Å². The van der Waals surface area contributed by atoms with Gasteiger partial charge in [0.05, 0.1) is 0 Å². The Bertz CT molecular complexity index is 260. The van der Waals surface area contributed by atoms with Crippen molar-refractivity contribution in [3.05, 3.63) is 0 Å². The first kappa shape index (κ1) is 12.7. The van der Waals surface area contributed by atoms with Crippen molar-refractivity contribution in [1.82, 2.24) is 0 Å². The second-order valence-corrected chi connectivity index (χ2v) is 6.01. The molecule has 0 aromatic rings. The van der Waals surface area contributed by atoms with Crippen molar-refractivity contribution in [2.75, 3.05) is 20.1 Å². The molecule has 0 aliphatic heterocycles. The summed E-state index contributed by atoms with van der Waals surface area (Å²) < 4.78 is 21.6. The molecule has 1 unspecified atom stereocenters. The molecule has 76 valence electrons. The zero-order valence-electron chi connectivity index (χ0n) is 8.88. The lowest BCUT2D eigenvalue weighted by Gasteiger charge is -2.21. The van der Waals surface area contributed by atoms with Crippen molar-refractivity contribution >= 4 is 7.37 Å². The molecule has 0 radical (unpaired) electrons. The van der Waals surface area contributed by atoms with Gasteiger partial charge in [-0.25, -0.2) is 0 Å². The van der Waals surface area contributed by atoms with E-state index in [1.54, 1.807) is 13.6 Å². The highest BCUT2D eigenvalue weighted by Crippen LogP contribution is 2.42. The van der Waals surface area contributed by atoms with Crippen LogP contribution in [-0.2, 0) is 13.8 Å². The van der Waals surface area contributed by atoms with Crippen LogP contribution in [-0.4, -0.2) is 25.7 Å². The van der Waals surface area contributed by atoms with Crippen LogP contribution in [0.25, 0.3) is 0 Å². The van der Waals surface area contributed by atoms with Crippen LogP contribution in [0.5, 0.6) is 0 Å². The van der Waals surface area contributed by atoms with E-state index in [9.17, 15) is 4.57 Å². The van der Waals surface area contributed by atoms with Gasteiger partial charge in [0.25, 0.3) is 0 Å². The summed E-state index contributed by atoms with van der Waals surface area (Å²) in [5.74, 6) is 5.63. The highest BCUT2D eigenvalue weighted by molar-refractivity contribution is 7.57. The molecule has 0 aromatic carbocycles. The molecular weight excluding hydrogens is 187 g/mol. The molecule has 0 N–H and O–H groups in total. The fraction of sp³-hybridized carbons (Fsp3) is 0.778. The van der Waals surface area contributed by atoms with E-state index < -0.39 is 13.0 Å². The Morgan fingerprint density at radius 1 is 1.46 bits per heavy atom. The highest BCUT2D eigenvalue weighted by Gasteiger charge is 2.21. The molecule has 0 saturated heterocycles. The molecule has 0 bridgehead atoms. The van der Waals surface area contributed by atoms with E-state index in [1.165, 1.54) is 7.11 Å². The summed E-state index contributed by atoms with van der Waals surface area (Å²) in [7, 11) is -1.16. The third-order valence-corrected chi connectivity index (χ3v) is 2.84. The number of hydrogen-bond acceptors (Lipinski definition) is 3. The first-order valence-electron chi connectivity index (χ1n) is 4.03. The molecule has 0 rings (SSSR count). The average molecular weight is 204 g/mol. The van der Waals surface area contributed by atoms with Crippen molar-refractivity contribution in [2.24, 2.45) is 0 Å². The second-order valence-electron chi connectivity index (χ2n) is 3.36. The molecule has 0 aliphatic carbocycles. The Balaban J connectivity index is 4.14. The molecule has 0 saturated carbocycles. The maximum atomic E-state index is 11.4. The van der Waals surface area contributed by atoms with Gasteiger partial charge in [0.2, 0.25) is 7.37 Å². The second kappa shape index (κ2) is 4.81. The fourth-order valence-electron chi connectivity index (χ4n) is 0.668. The molecule has 0 heterocycles. The van der Waals surface area contributed by atoms with Crippen LogP contribution < -0.4 is 0 Å². The lowest BCUT2D eigenvalue weighted by atomic mass is 10.1. The smallest absolute Gasteiger partial charge is 0.224 e. The number of rotatable bonds is 4. The van der Waals surface area contributed by atoms with E-state index >= 15 is 0 Å². The summed E-state index contributed by atoms with van der Waals surface area (Å²) in [6.45, 7) is 6.95. The Morgan fingerprint density at radius 3 is 2.38 bits per heavy atom. The topological polar surface area (TPSA) is 35.5 Å². The van der Waals surface area contributed by atoms with Crippen LogP contribution in [0, 0.1) is 11.8 Å². The van der Waals surface area contributed by atoms with Crippen LogP contribution in [0.3, 0.4) is 0 Å². The van der Waals surface area contributed by atoms with Gasteiger partial charge in [0.15, 0.2) is 0 Å². The maximum Gasteiger partial charge on any atom is 0.224 e. The van der Waals surface area contributed by atoms with Gasteiger partial charge in [0, 0.05) is 13.8 Å². The van der Waals surface area contributed by atoms with Crippen LogP contribution in [0.4, 0.5) is 0 Å².